The third-order valence-corrected chi connectivity index (χ3v) is 9.85. The zero-order chi connectivity index (χ0) is 29.9. The van der Waals surface area contributed by atoms with Crippen LogP contribution >= 0.6 is 11.3 Å². The summed E-state index contributed by atoms with van der Waals surface area (Å²) in [5.74, 6) is 0.628. The van der Waals surface area contributed by atoms with Crippen molar-refractivity contribution in [2.24, 2.45) is 5.92 Å². The van der Waals surface area contributed by atoms with Crippen LogP contribution in [0.25, 0.3) is 21.3 Å². The lowest BCUT2D eigenvalue weighted by Gasteiger charge is -2.49. The number of amides is 2. The van der Waals surface area contributed by atoms with Gasteiger partial charge in [0.15, 0.2) is 11.0 Å². The fourth-order valence-electron chi connectivity index (χ4n) is 6.32. The Balaban J connectivity index is 0.992. The maximum absolute atomic E-state index is 13.0. The van der Waals surface area contributed by atoms with E-state index in [1.807, 2.05) is 30.0 Å². The van der Waals surface area contributed by atoms with E-state index in [1.54, 1.807) is 12.4 Å². The lowest BCUT2D eigenvalue weighted by atomic mass is 9.78. The minimum Gasteiger partial charge on any atom is -0.390 e. The SMILES string of the molecule is CCOCC(=O)N1CCN([C@H]2C[C@@H](C(=O)Nc3nc4ccc(-c5cnc(CO[C@H]6CCC[C@@H]6O)nc5)cc4s3)C2)[C@@H](C)C1. The van der Waals surface area contributed by atoms with Gasteiger partial charge in [-0.15, -0.1) is 0 Å². The van der Waals surface area contributed by atoms with Crippen molar-refractivity contribution in [2.45, 2.75) is 76.9 Å². The highest BCUT2D eigenvalue weighted by Gasteiger charge is 2.41. The van der Waals surface area contributed by atoms with Crippen molar-refractivity contribution in [3.63, 3.8) is 0 Å². The van der Waals surface area contributed by atoms with Gasteiger partial charge in [0.2, 0.25) is 11.8 Å². The van der Waals surface area contributed by atoms with Gasteiger partial charge in [-0.25, -0.2) is 15.0 Å². The summed E-state index contributed by atoms with van der Waals surface area (Å²) in [6, 6.07) is 6.61. The molecule has 2 N–H and O–H groups in total. The van der Waals surface area contributed by atoms with Gasteiger partial charge in [0.05, 0.1) is 22.4 Å². The number of thiazole rings is 1. The standard InChI is InChI=1S/C31H40N6O5S/c1-3-41-18-29(39)36-9-10-37(19(2)16-36)23-11-21(12-23)30(40)35-31-34-24-8-7-20(13-27(24)43-31)22-14-32-28(33-15-22)17-42-26-6-4-5-25(26)38/h7-8,13-15,19,21,23,25-26,38H,3-6,9-12,16-18H2,1-2H3,(H,34,35,40)/t19-,21-,23+,25-,26-/m0/s1. The predicted octanol–water partition coefficient (Wildman–Crippen LogP) is 3.47. The molecule has 3 aliphatic rings. The average molecular weight is 609 g/mol. The van der Waals surface area contributed by atoms with Crippen LogP contribution < -0.4 is 5.32 Å². The summed E-state index contributed by atoms with van der Waals surface area (Å²) >= 11 is 1.46. The second-order valence-corrected chi connectivity index (χ2v) is 12.8. The number of fused-ring (bicyclic) bond motifs is 1. The molecular formula is C31H40N6O5S. The van der Waals surface area contributed by atoms with E-state index in [-0.39, 0.29) is 43.1 Å². The van der Waals surface area contributed by atoms with E-state index >= 15 is 0 Å². The molecule has 3 fully saturated rings. The van der Waals surface area contributed by atoms with Crippen LogP contribution in [0, 0.1) is 5.92 Å². The summed E-state index contributed by atoms with van der Waals surface area (Å²) in [7, 11) is 0. The maximum atomic E-state index is 13.0. The van der Waals surface area contributed by atoms with Gasteiger partial charge in [-0.2, -0.15) is 0 Å². The number of hydrogen-bond acceptors (Lipinski definition) is 10. The smallest absolute Gasteiger partial charge is 0.248 e. The monoisotopic (exact) mass is 608 g/mol. The number of aliphatic hydroxyl groups excluding tert-OH is 1. The second-order valence-electron chi connectivity index (χ2n) is 11.8. The number of rotatable bonds is 10. The van der Waals surface area contributed by atoms with Crippen molar-refractivity contribution in [1.82, 2.24) is 24.8 Å². The fourth-order valence-corrected chi connectivity index (χ4v) is 7.23. The first kappa shape index (κ1) is 30.0. The molecule has 230 valence electrons. The van der Waals surface area contributed by atoms with Crippen molar-refractivity contribution < 1.29 is 24.2 Å². The van der Waals surface area contributed by atoms with Crippen LogP contribution in [0.15, 0.2) is 30.6 Å². The molecule has 3 aromatic rings. The Labute approximate surface area is 255 Å². The number of nitrogens with one attached hydrogen (secondary N) is 1. The molecule has 2 saturated carbocycles. The number of hydrogen-bond donors (Lipinski definition) is 2. The highest BCUT2D eigenvalue weighted by Crippen LogP contribution is 2.36. The van der Waals surface area contributed by atoms with Gasteiger partial charge >= 0.3 is 0 Å². The number of anilines is 1. The highest BCUT2D eigenvalue weighted by molar-refractivity contribution is 7.22. The Morgan fingerprint density at radius 3 is 2.67 bits per heavy atom. The van der Waals surface area contributed by atoms with Crippen molar-refractivity contribution >= 4 is 38.5 Å². The number of nitrogens with zero attached hydrogens (tertiary/aromatic N) is 5. The molecule has 43 heavy (non-hydrogen) atoms. The zero-order valence-electron chi connectivity index (χ0n) is 24.8. The fraction of sp³-hybridized carbons (Fsp3) is 0.581. The number of piperazine rings is 1. The van der Waals surface area contributed by atoms with E-state index in [4.69, 9.17) is 9.47 Å². The Morgan fingerprint density at radius 1 is 1.14 bits per heavy atom. The number of carbonyl (C=O) groups is 2. The van der Waals surface area contributed by atoms with Crippen LogP contribution in [0.5, 0.6) is 0 Å². The summed E-state index contributed by atoms with van der Waals surface area (Å²) in [6.07, 6.45) is 7.32. The van der Waals surface area contributed by atoms with Crippen molar-refractivity contribution in [3.8, 4) is 11.1 Å². The molecule has 1 aliphatic heterocycles. The third kappa shape index (κ3) is 6.88. The molecule has 2 aromatic heterocycles. The van der Waals surface area contributed by atoms with Crippen LogP contribution in [-0.4, -0.2) is 98.8 Å². The molecule has 1 aromatic carbocycles. The Hall–Kier alpha value is -3.03. The Morgan fingerprint density at radius 2 is 1.95 bits per heavy atom. The molecule has 0 unspecified atom stereocenters. The van der Waals surface area contributed by atoms with Crippen LogP contribution in [-0.2, 0) is 25.7 Å². The van der Waals surface area contributed by atoms with Gasteiger partial charge in [-0.1, -0.05) is 17.4 Å². The molecule has 0 spiro atoms. The molecular weight excluding hydrogens is 568 g/mol. The van der Waals surface area contributed by atoms with E-state index in [0.29, 0.717) is 36.7 Å². The van der Waals surface area contributed by atoms with E-state index in [1.165, 1.54) is 11.3 Å². The van der Waals surface area contributed by atoms with Crippen molar-refractivity contribution in [2.75, 3.05) is 38.2 Å². The van der Waals surface area contributed by atoms with Gasteiger partial charge in [0.1, 0.15) is 13.2 Å². The number of carbonyl (C=O) groups excluding carboxylic acids is 2. The highest BCUT2D eigenvalue weighted by atomic mass is 32.1. The van der Waals surface area contributed by atoms with Crippen molar-refractivity contribution in [1.29, 1.82) is 0 Å². The minimum absolute atomic E-state index is 0.0186. The normalized spacial score (nSPS) is 26.0. The molecule has 0 bridgehead atoms. The molecule has 2 amide bonds. The molecule has 11 nitrogen and oxygen atoms in total. The number of ether oxygens (including phenoxy) is 2. The van der Waals surface area contributed by atoms with Crippen LogP contribution in [0.3, 0.4) is 0 Å². The first-order valence-corrected chi connectivity index (χ1v) is 16.1. The van der Waals surface area contributed by atoms with Gasteiger partial charge in [-0.05, 0) is 63.6 Å². The first-order chi connectivity index (χ1) is 20.9. The van der Waals surface area contributed by atoms with Crippen LogP contribution in [0.4, 0.5) is 5.13 Å². The Kier molecular flexibility index (Phi) is 9.29. The maximum Gasteiger partial charge on any atom is 0.248 e. The molecule has 12 heteroatoms. The summed E-state index contributed by atoms with van der Waals surface area (Å²) < 4.78 is 12.1. The van der Waals surface area contributed by atoms with E-state index in [0.717, 1.165) is 60.0 Å². The number of aliphatic hydroxyl groups is 1. The number of aromatic nitrogens is 3. The molecule has 6 rings (SSSR count). The van der Waals surface area contributed by atoms with E-state index < -0.39 is 6.10 Å². The summed E-state index contributed by atoms with van der Waals surface area (Å²) in [4.78, 5) is 43.2. The second kappa shape index (κ2) is 13.3. The zero-order valence-corrected chi connectivity index (χ0v) is 25.6. The van der Waals surface area contributed by atoms with Gasteiger partial charge in [-0.3, -0.25) is 14.5 Å². The first-order valence-electron chi connectivity index (χ1n) is 15.3. The Bertz CT molecular complexity index is 1430. The largest absolute Gasteiger partial charge is 0.390 e. The summed E-state index contributed by atoms with van der Waals surface area (Å²) in [5.41, 5.74) is 2.70. The topological polar surface area (TPSA) is 130 Å². The molecule has 3 atom stereocenters. The summed E-state index contributed by atoms with van der Waals surface area (Å²) in [5, 5.41) is 13.6. The lowest BCUT2D eigenvalue weighted by Crippen LogP contribution is -2.60. The van der Waals surface area contributed by atoms with E-state index in [9.17, 15) is 14.7 Å². The quantitative estimate of drug-likeness (QED) is 0.355. The predicted molar refractivity (Wildman–Crippen MR) is 163 cm³/mol. The molecule has 3 heterocycles. The summed E-state index contributed by atoms with van der Waals surface area (Å²) in [6.45, 7) is 7.24. The van der Waals surface area contributed by atoms with Crippen LogP contribution in [0.1, 0.15) is 51.8 Å². The van der Waals surface area contributed by atoms with E-state index in [2.05, 4.69) is 32.1 Å². The van der Waals surface area contributed by atoms with Gasteiger partial charge < -0.3 is 24.8 Å². The average Bonchev–Trinajstić information content (AvgIpc) is 3.59. The van der Waals surface area contributed by atoms with Gasteiger partial charge in [0.25, 0.3) is 0 Å². The van der Waals surface area contributed by atoms with Gasteiger partial charge in [0, 0.05) is 62.2 Å². The third-order valence-electron chi connectivity index (χ3n) is 8.92. The lowest BCUT2D eigenvalue weighted by molar-refractivity contribution is -0.140. The molecule has 1 saturated heterocycles. The molecule has 0 radical (unpaired) electrons. The minimum atomic E-state index is -0.397. The number of benzene rings is 1. The molecule has 2 aliphatic carbocycles. The van der Waals surface area contributed by atoms with Crippen LogP contribution in [0.2, 0.25) is 0 Å². The van der Waals surface area contributed by atoms with Crippen molar-refractivity contribution in [3.05, 3.63) is 36.4 Å².